The zero-order valence-corrected chi connectivity index (χ0v) is 35.4. The molecule has 1 aromatic heterocycles. The van der Waals surface area contributed by atoms with Gasteiger partial charge in [0.25, 0.3) is 11.5 Å². The molecule has 0 bridgehead atoms. The van der Waals surface area contributed by atoms with Crippen LogP contribution in [0.15, 0.2) is 77.7 Å². The highest BCUT2D eigenvalue weighted by Gasteiger charge is 2.64. The standard InChI is InChI=1S/C46H52ClFN8O4/c1-28-6-15-38(41(58)50-28)56-42(59)35-14-12-33(24-36(35)39(48)52-56)55-22-20-53(21-23-55)27-29-16-18-54(19-17-29)32-10-7-30(8-11-32)40(57)51-43-45(2,3)44(46(43,4)5)60-34-13-9-31(26-49)37(47)25-34/h7-14,24-25,29,38,43-44H,1,6,15-23,27H2,2-5H3,(H,50,58)(H,51,57)/t38-,43?,44?/m1/s1. The molecule has 1 atom stereocenters. The van der Waals surface area contributed by atoms with Crippen LogP contribution in [-0.2, 0) is 4.79 Å². The number of ether oxygens (including phenoxy) is 1. The number of hydrogen-bond donors (Lipinski definition) is 2. The number of carbonyl (C=O) groups excluding carboxylic acids is 2. The number of allylic oxidation sites excluding steroid dienone is 1. The van der Waals surface area contributed by atoms with Crippen molar-refractivity contribution in [2.45, 2.75) is 71.6 Å². The highest BCUT2D eigenvalue weighted by atomic mass is 35.5. The number of nitrogens with zero attached hydrogens (tertiary/aromatic N) is 6. The van der Waals surface area contributed by atoms with Gasteiger partial charge in [0.15, 0.2) is 0 Å². The Morgan fingerprint density at radius 1 is 0.933 bits per heavy atom. The Bertz CT molecular complexity index is 2410. The number of anilines is 2. The van der Waals surface area contributed by atoms with E-state index in [9.17, 15) is 19.6 Å². The minimum atomic E-state index is -0.867. The van der Waals surface area contributed by atoms with Gasteiger partial charge in [0.1, 0.15) is 24.0 Å². The third kappa shape index (κ3) is 7.83. The molecule has 8 rings (SSSR count). The first-order valence-corrected chi connectivity index (χ1v) is 21.2. The summed E-state index contributed by atoms with van der Waals surface area (Å²) in [5.41, 5.74) is 2.39. The normalized spacial score (nSPS) is 23.1. The summed E-state index contributed by atoms with van der Waals surface area (Å²) in [4.78, 5) is 46.5. The highest BCUT2D eigenvalue weighted by molar-refractivity contribution is 6.31. The number of hydrogen-bond acceptors (Lipinski definition) is 9. The highest BCUT2D eigenvalue weighted by Crippen LogP contribution is 2.55. The van der Waals surface area contributed by atoms with Gasteiger partial charge in [-0.3, -0.25) is 19.3 Å². The summed E-state index contributed by atoms with van der Waals surface area (Å²) in [7, 11) is 0. The molecular formula is C46H52ClFN8O4. The van der Waals surface area contributed by atoms with Crippen molar-refractivity contribution in [2.75, 3.05) is 55.6 Å². The maximum absolute atomic E-state index is 15.4. The quantitative estimate of drug-likeness (QED) is 0.190. The summed E-state index contributed by atoms with van der Waals surface area (Å²) < 4.78 is 22.7. The molecule has 4 heterocycles. The van der Waals surface area contributed by atoms with Crippen molar-refractivity contribution in [3.8, 4) is 11.8 Å². The zero-order valence-electron chi connectivity index (χ0n) is 34.6. The molecule has 3 aromatic carbocycles. The smallest absolute Gasteiger partial charge is 0.275 e. The Labute approximate surface area is 354 Å². The molecule has 0 unspecified atom stereocenters. The van der Waals surface area contributed by atoms with Crippen LogP contribution in [0.25, 0.3) is 10.8 Å². The summed E-state index contributed by atoms with van der Waals surface area (Å²) in [6.45, 7) is 18.5. The Morgan fingerprint density at radius 3 is 2.25 bits per heavy atom. The van der Waals surface area contributed by atoms with E-state index < -0.39 is 23.5 Å². The SMILES string of the molecule is C=C1CC[C@@H](n2nc(F)c3cc(N4CCN(CC5CCN(c6ccc(C(=O)NC7C(C)(C)C(Oc8ccc(C#N)c(Cl)c8)C7(C)C)cc6)CC5)CC4)ccc3c2=O)C(=O)N1. The molecular weight excluding hydrogens is 783 g/mol. The van der Waals surface area contributed by atoms with Crippen molar-refractivity contribution >= 4 is 45.6 Å². The second-order valence-corrected chi connectivity index (χ2v) is 18.4. The third-order valence-electron chi connectivity index (χ3n) is 13.3. The number of benzene rings is 3. The first kappa shape index (κ1) is 41.3. The molecule has 3 aliphatic heterocycles. The summed E-state index contributed by atoms with van der Waals surface area (Å²) in [5, 5.41) is 19.8. The van der Waals surface area contributed by atoms with Gasteiger partial charge in [-0.25, -0.2) is 4.68 Å². The van der Waals surface area contributed by atoms with Crippen molar-refractivity contribution in [1.29, 1.82) is 5.26 Å². The predicted molar refractivity (Wildman–Crippen MR) is 231 cm³/mol. The lowest BCUT2D eigenvalue weighted by molar-refractivity contribution is -0.164. The molecule has 0 spiro atoms. The molecule has 1 aliphatic carbocycles. The maximum Gasteiger partial charge on any atom is 0.275 e. The molecule has 1 saturated carbocycles. The van der Waals surface area contributed by atoms with Crippen LogP contribution in [-0.4, -0.2) is 84.5 Å². The fraction of sp³-hybridized carbons (Fsp3) is 0.457. The molecule has 4 fully saturated rings. The topological polar surface area (TPSA) is 136 Å². The zero-order chi connectivity index (χ0) is 42.5. The van der Waals surface area contributed by atoms with E-state index in [2.05, 4.69) is 70.8 Å². The molecule has 12 nitrogen and oxygen atoms in total. The number of fused-ring (bicyclic) bond motifs is 1. The lowest BCUT2D eigenvalue weighted by atomic mass is 9.49. The molecule has 2 amide bonds. The number of halogens is 2. The van der Waals surface area contributed by atoms with Crippen LogP contribution < -0.4 is 30.7 Å². The lowest BCUT2D eigenvalue weighted by Crippen LogP contribution is -2.74. The van der Waals surface area contributed by atoms with E-state index in [1.165, 1.54) is 0 Å². The van der Waals surface area contributed by atoms with Gasteiger partial charge in [0.05, 0.1) is 16.0 Å². The van der Waals surface area contributed by atoms with Crippen LogP contribution in [0.2, 0.25) is 5.02 Å². The Hall–Kier alpha value is -5.45. The minimum Gasteiger partial charge on any atom is -0.489 e. The molecule has 0 radical (unpaired) electrons. The van der Waals surface area contributed by atoms with Gasteiger partial charge in [-0.15, -0.1) is 5.10 Å². The van der Waals surface area contributed by atoms with Crippen molar-refractivity contribution in [3.63, 3.8) is 0 Å². The molecule has 4 aliphatic rings. The summed E-state index contributed by atoms with van der Waals surface area (Å²) in [6.07, 6.45) is 2.83. The number of rotatable bonds is 9. The van der Waals surface area contributed by atoms with Crippen molar-refractivity contribution in [2.24, 2.45) is 16.7 Å². The number of nitriles is 1. The molecule has 4 aromatic rings. The minimum absolute atomic E-state index is 0.112. The average molecular weight is 835 g/mol. The fourth-order valence-electron chi connectivity index (χ4n) is 10.2. The average Bonchev–Trinajstić information content (AvgIpc) is 3.23. The first-order chi connectivity index (χ1) is 28.6. The Kier molecular flexibility index (Phi) is 11.1. The van der Waals surface area contributed by atoms with Gasteiger partial charge in [-0.1, -0.05) is 45.9 Å². The van der Waals surface area contributed by atoms with E-state index >= 15 is 4.39 Å². The monoisotopic (exact) mass is 834 g/mol. The van der Waals surface area contributed by atoms with Crippen LogP contribution in [0.5, 0.6) is 5.75 Å². The number of amides is 2. The summed E-state index contributed by atoms with van der Waals surface area (Å²) in [6, 6.07) is 19.3. The first-order valence-electron chi connectivity index (χ1n) is 20.8. The summed E-state index contributed by atoms with van der Waals surface area (Å²) in [5.74, 6) is -0.0910. The summed E-state index contributed by atoms with van der Waals surface area (Å²) >= 11 is 6.26. The van der Waals surface area contributed by atoms with Gasteiger partial charge in [-0.05, 0) is 86.2 Å². The van der Waals surface area contributed by atoms with Crippen LogP contribution in [0.4, 0.5) is 15.8 Å². The molecule has 3 saturated heterocycles. The van der Waals surface area contributed by atoms with Crippen LogP contribution in [0.1, 0.15) is 75.3 Å². The van der Waals surface area contributed by atoms with E-state index in [4.69, 9.17) is 16.3 Å². The van der Waals surface area contributed by atoms with Crippen LogP contribution >= 0.6 is 11.6 Å². The van der Waals surface area contributed by atoms with Crippen LogP contribution in [0.3, 0.4) is 0 Å². The third-order valence-corrected chi connectivity index (χ3v) is 13.6. The Morgan fingerprint density at radius 2 is 1.60 bits per heavy atom. The Balaban J connectivity index is 0.801. The second-order valence-electron chi connectivity index (χ2n) is 18.0. The van der Waals surface area contributed by atoms with E-state index in [0.717, 1.165) is 74.7 Å². The van der Waals surface area contributed by atoms with E-state index in [-0.39, 0.29) is 39.7 Å². The van der Waals surface area contributed by atoms with E-state index in [1.54, 1.807) is 30.3 Å². The molecule has 2 N–H and O–H groups in total. The van der Waals surface area contributed by atoms with Crippen molar-refractivity contribution < 1.29 is 18.7 Å². The number of aromatic nitrogens is 2. The number of nitrogens with one attached hydrogen (secondary N) is 2. The van der Waals surface area contributed by atoms with Crippen LogP contribution in [0, 0.1) is 34.0 Å². The largest absolute Gasteiger partial charge is 0.489 e. The lowest BCUT2D eigenvalue weighted by Gasteiger charge is -2.63. The molecule has 14 heteroatoms. The van der Waals surface area contributed by atoms with E-state index in [1.807, 2.05) is 30.3 Å². The van der Waals surface area contributed by atoms with E-state index in [0.29, 0.717) is 46.4 Å². The van der Waals surface area contributed by atoms with Gasteiger partial charge in [0, 0.05) is 96.8 Å². The van der Waals surface area contributed by atoms with Gasteiger partial charge >= 0.3 is 0 Å². The van der Waals surface area contributed by atoms with Gasteiger partial charge in [-0.2, -0.15) is 9.65 Å². The van der Waals surface area contributed by atoms with Gasteiger partial charge in [0.2, 0.25) is 11.9 Å². The second kappa shape index (κ2) is 16.2. The number of piperidine rings is 2. The molecule has 314 valence electrons. The fourth-order valence-corrected chi connectivity index (χ4v) is 10.4. The van der Waals surface area contributed by atoms with Crippen molar-refractivity contribution in [1.82, 2.24) is 25.3 Å². The maximum atomic E-state index is 15.4. The molecule has 60 heavy (non-hydrogen) atoms. The van der Waals surface area contributed by atoms with Gasteiger partial charge < -0.3 is 25.2 Å². The number of carbonyl (C=O) groups is 2. The number of piperazine rings is 1. The van der Waals surface area contributed by atoms with Crippen molar-refractivity contribution in [3.05, 3.63) is 105 Å². The predicted octanol–water partition coefficient (Wildman–Crippen LogP) is 6.68.